The predicted octanol–water partition coefficient (Wildman–Crippen LogP) is 16.9. The van der Waals surface area contributed by atoms with Gasteiger partial charge in [-0.2, -0.15) is 0 Å². The van der Waals surface area contributed by atoms with Gasteiger partial charge in [0.05, 0.1) is 25.2 Å². The maximum atomic E-state index is 13.2. The summed E-state index contributed by atoms with van der Waals surface area (Å²) >= 11 is 0. The van der Waals surface area contributed by atoms with Crippen molar-refractivity contribution in [3.63, 3.8) is 0 Å². The van der Waals surface area contributed by atoms with Crippen molar-refractivity contribution in [3.8, 4) is 0 Å². The van der Waals surface area contributed by atoms with Crippen LogP contribution in [0.3, 0.4) is 0 Å². The van der Waals surface area contributed by atoms with E-state index >= 15 is 0 Å². The molecule has 0 saturated carbocycles. The summed E-state index contributed by atoms with van der Waals surface area (Å²) in [5.74, 6) is -0.569. The molecule has 0 fully saturated rings. The van der Waals surface area contributed by atoms with Gasteiger partial charge in [-0.25, -0.2) is 0 Å². The number of rotatable bonds is 48. The van der Waals surface area contributed by atoms with Crippen LogP contribution in [-0.4, -0.2) is 46.9 Å². The van der Waals surface area contributed by atoms with E-state index in [2.05, 4.69) is 123 Å². The summed E-state index contributed by atoms with van der Waals surface area (Å²) in [7, 11) is 0. The Bertz CT molecular complexity index is 1310. The highest BCUT2D eigenvalue weighted by molar-refractivity contribution is 5.77. The van der Waals surface area contributed by atoms with E-state index in [4.69, 9.17) is 4.74 Å². The van der Waals surface area contributed by atoms with Crippen molar-refractivity contribution in [2.24, 2.45) is 0 Å². The van der Waals surface area contributed by atoms with Gasteiger partial charge in [-0.15, -0.1) is 0 Å². The first-order chi connectivity index (χ1) is 32.5. The first kappa shape index (κ1) is 62.8. The summed E-state index contributed by atoms with van der Waals surface area (Å²) in [5.41, 5.74) is 0. The number of allylic oxidation sites excluding steroid dienone is 16. The van der Waals surface area contributed by atoms with Crippen molar-refractivity contribution in [2.45, 2.75) is 264 Å². The normalized spacial score (nSPS) is 14.0. The Morgan fingerprint density at radius 1 is 0.455 bits per heavy atom. The van der Waals surface area contributed by atoms with Crippen LogP contribution in [0.2, 0.25) is 0 Å². The molecule has 0 aromatic heterocycles. The van der Waals surface area contributed by atoms with Gasteiger partial charge in [-0.1, -0.05) is 227 Å². The topological polar surface area (TPSA) is 95.9 Å². The molecule has 66 heavy (non-hydrogen) atoms. The molecule has 0 rings (SSSR count). The van der Waals surface area contributed by atoms with Crippen molar-refractivity contribution in [3.05, 3.63) is 97.2 Å². The molecule has 6 heteroatoms. The van der Waals surface area contributed by atoms with Crippen LogP contribution in [0.25, 0.3) is 0 Å². The number of carbonyl (C=O) groups is 2. The molecule has 0 spiro atoms. The van der Waals surface area contributed by atoms with Gasteiger partial charge < -0.3 is 20.3 Å². The van der Waals surface area contributed by atoms with E-state index in [-0.39, 0.29) is 24.9 Å². The number of ether oxygens (including phenoxy) is 1. The number of unbranched alkanes of at least 4 members (excludes halogenated alkanes) is 20. The number of amides is 1. The smallest absolute Gasteiger partial charge is 0.306 e. The zero-order valence-corrected chi connectivity index (χ0v) is 43.0. The monoisotopic (exact) mass is 918 g/mol. The second kappa shape index (κ2) is 52.7. The zero-order valence-electron chi connectivity index (χ0n) is 43.0. The van der Waals surface area contributed by atoms with Gasteiger partial charge in [0, 0.05) is 6.42 Å². The van der Waals surface area contributed by atoms with Crippen molar-refractivity contribution in [2.75, 3.05) is 6.61 Å². The molecule has 0 aromatic carbocycles. The lowest BCUT2D eigenvalue weighted by Crippen LogP contribution is -2.46. The molecular weight excluding hydrogens is 815 g/mol. The summed E-state index contributed by atoms with van der Waals surface area (Å²) in [6.07, 6.45) is 70.4. The third-order valence-electron chi connectivity index (χ3n) is 11.9. The molecular formula is C60H103NO5. The lowest BCUT2D eigenvalue weighted by molar-refractivity contribution is -0.151. The Kier molecular flexibility index (Phi) is 50.2. The third-order valence-corrected chi connectivity index (χ3v) is 11.9. The summed E-state index contributed by atoms with van der Waals surface area (Å²) in [5, 5.41) is 23.8. The number of hydrogen-bond acceptors (Lipinski definition) is 5. The summed E-state index contributed by atoms with van der Waals surface area (Å²) in [6, 6.07) is -0.727. The fraction of sp³-hybridized carbons (Fsp3) is 0.700. The molecule has 3 unspecified atom stereocenters. The maximum Gasteiger partial charge on any atom is 0.306 e. The van der Waals surface area contributed by atoms with Crippen LogP contribution in [0.4, 0.5) is 0 Å². The van der Waals surface area contributed by atoms with Crippen LogP contribution in [0, 0.1) is 0 Å². The van der Waals surface area contributed by atoms with Gasteiger partial charge in [0.25, 0.3) is 0 Å². The average molecular weight is 918 g/mol. The second-order valence-electron chi connectivity index (χ2n) is 18.2. The van der Waals surface area contributed by atoms with E-state index in [0.29, 0.717) is 25.7 Å². The Labute approximate surface area is 407 Å². The highest BCUT2D eigenvalue weighted by atomic mass is 16.5. The highest BCUT2D eigenvalue weighted by Crippen LogP contribution is 2.17. The molecule has 0 heterocycles. The zero-order chi connectivity index (χ0) is 48.1. The summed E-state index contributed by atoms with van der Waals surface area (Å²) in [4.78, 5) is 26.2. The van der Waals surface area contributed by atoms with E-state index in [1.165, 1.54) is 89.9 Å². The van der Waals surface area contributed by atoms with Gasteiger partial charge in [-0.05, 0) is 103 Å². The molecule has 0 aromatic rings. The van der Waals surface area contributed by atoms with E-state index in [1.807, 2.05) is 0 Å². The van der Waals surface area contributed by atoms with Gasteiger partial charge in [-0.3, -0.25) is 9.59 Å². The fourth-order valence-corrected chi connectivity index (χ4v) is 7.77. The van der Waals surface area contributed by atoms with Gasteiger partial charge in [0.15, 0.2) is 0 Å². The van der Waals surface area contributed by atoms with Crippen LogP contribution in [0.5, 0.6) is 0 Å². The largest absolute Gasteiger partial charge is 0.462 e. The Balaban J connectivity index is 4.74. The van der Waals surface area contributed by atoms with E-state index in [9.17, 15) is 19.8 Å². The first-order valence-electron chi connectivity index (χ1n) is 27.5. The number of hydrogen-bond donors (Lipinski definition) is 3. The number of carbonyl (C=O) groups excluding carboxylic acids is 2. The quantitative estimate of drug-likeness (QED) is 0.0321. The van der Waals surface area contributed by atoms with E-state index < -0.39 is 18.2 Å². The van der Waals surface area contributed by atoms with Crippen molar-refractivity contribution >= 4 is 11.9 Å². The Hall–Kier alpha value is -3.22. The number of nitrogens with one attached hydrogen (secondary N) is 1. The fourth-order valence-electron chi connectivity index (χ4n) is 7.77. The lowest BCUT2D eigenvalue weighted by atomic mass is 10.0. The summed E-state index contributed by atoms with van der Waals surface area (Å²) < 4.78 is 5.91. The van der Waals surface area contributed by atoms with E-state index in [0.717, 1.165) is 103 Å². The van der Waals surface area contributed by atoms with Crippen molar-refractivity contribution < 1.29 is 24.5 Å². The van der Waals surface area contributed by atoms with Crippen molar-refractivity contribution in [1.29, 1.82) is 0 Å². The molecule has 0 saturated heterocycles. The maximum absolute atomic E-state index is 13.2. The number of esters is 1. The molecule has 1 amide bonds. The van der Waals surface area contributed by atoms with Crippen LogP contribution in [0.15, 0.2) is 97.2 Å². The molecule has 0 aliphatic heterocycles. The number of aliphatic hydroxyl groups is 2. The minimum Gasteiger partial charge on any atom is -0.462 e. The van der Waals surface area contributed by atoms with Gasteiger partial charge in [0.1, 0.15) is 6.10 Å². The highest BCUT2D eigenvalue weighted by Gasteiger charge is 2.24. The predicted molar refractivity (Wildman–Crippen MR) is 287 cm³/mol. The van der Waals surface area contributed by atoms with Crippen molar-refractivity contribution in [1.82, 2.24) is 5.32 Å². The van der Waals surface area contributed by atoms with E-state index in [1.54, 1.807) is 0 Å². The Morgan fingerprint density at radius 2 is 0.818 bits per heavy atom. The first-order valence-corrected chi connectivity index (χ1v) is 27.5. The SMILES string of the molecule is CC/C=C\C/C=C\C/C=C\C/C=C\C/C=C\CCCC(=O)OC(CCCCCC/C=C\C/C=C\C/C=C\CCCCC)CC(=O)NC(CO)C(O)CCCCCCCCCCCCCCC. The van der Waals surface area contributed by atoms with Gasteiger partial charge >= 0.3 is 5.97 Å². The van der Waals surface area contributed by atoms with Crippen LogP contribution in [-0.2, 0) is 14.3 Å². The van der Waals surface area contributed by atoms with Gasteiger partial charge in [0.2, 0.25) is 5.91 Å². The lowest BCUT2D eigenvalue weighted by Gasteiger charge is -2.24. The van der Waals surface area contributed by atoms with Crippen LogP contribution in [0.1, 0.15) is 245 Å². The Morgan fingerprint density at radius 3 is 1.27 bits per heavy atom. The molecule has 3 N–H and O–H groups in total. The van der Waals surface area contributed by atoms with Crippen LogP contribution >= 0.6 is 0 Å². The molecule has 3 atom stereocenters. The molecule has 6 nitrogen and oxygen atoms in total. The summed E-state index contributed by atoms with van der Waals surface area (Å²) in [6.45, 7) is 6.32. The molecule has 378 valence electrons. The third kappa shape index (κ3) is 47.3. The molecule has 0 radical (unpaired) electrons. The minimum absolute atomic E-state index is 0.0351. The van der Waals surface area contributed by atoms with Crippen LogP contribution < -0.4 is 5.32 Å². The molecule has 0 aliphatic carbocycles. The standard InChI is InChI=1S/C60H103NO5/c1-4-7-10-13-16-19-22-25-27-29-31-34-36-39-42-45-48-51-56(66-60(65)53-50-47-44-41-38-35-32-30-28-26-23-20-17-14-11-8-5-2)54-59(64)61-57(55-62)58(63)52-49-46-43-40-37-33-24-21-18-15-12-9-6-3/h8,11,16-17,19-20,25-28,31-32,34-35,41,44,56-58,62-63H,4-7,9-10,12-15,18,21-24,29-30,33,36-40,42-43,45-55H2,1-3H3,(H,61,64)/b11-8-,19-16-,20-17-,27-25-,28-26-,34-31-,35-32-,44-41-. The second-order valence-corrected chi connectivity index (χ2v) is 18.2. The minimum atomic E-state index is -0.809. The molecule has 0 aliphatic rings. The number of aliphatic hydroxyl groups excluding tert-OH is 2. The average Bonchev–Trinajstić information content (AvgIpc) is 3.31. The molecule has 0 bridgehead atoms.